The molecule has 0 saturated heterocycles. The summed E-state index contributed by atoms with van der Waals surface area (Å²) in [5.74, 6) is 0.451. The molecule has 5 aromatic rings. The quantitative estimate of drug-likeness (QED) is 0.192. The van der Waals surface area contributed by atoms with Gasteiger partial charge in [0.15, 0.2) is 0 Å². The van der Waals surface area contributed by atoms with Crippen molar-refractivity contribution in [3.8, 4) is 17.2 Å². The van der Waals surface area contributed by atoms with E-state index in [1.165, 1.54) is 0 Å². The second-order valence-electron chi connectivity index (χ2n) is 9.46. The fraction of sp³-hybridized carbons (Fsp3) is 0.0857. The highest BCUT2D eigenvalue weighted by molar-refractivity contribution is 5.78. The van der Waals surface area contributed by atoms with E-state index in [9.17, 15) is 15.3 Å². The van der Waals surface area contributed by atoms with Gasteiger partial charge in [-0.25, -0.2) is 0 Å². The third kappa shape index (κ3) is 5.79. The second-order valence-corrected chi connectivity index (χ2v) is 9.46. The highest BCUT2D eigenvalue weighted by atomic mass is 16.3. The number of phenolic OH excluding ortho intramolecular Hbond substituents is 3. The molecule has 0 saturated carbocycles. The van der Waals surface area contributed by atoms with Gasteiger partial charge < -0.3 is 15.3 Å². The zero-order valence-corrected chi connectivity index (χ0v) is 21.1. The van der Waals surface area contributed by atoms with Gasteiger partial charge in [-0.3, -0.25) is 0 Å². The minimum absolute atomic E-state index is 0.123. The van der Waals surface area contributed by atoms with Gasteiger partial charge in [0.1, 0.15) is 17.2 Å². The summed E-state index contributed by atoms with van der Waals surface area (Å²) in [4.78, 5) is 0. The van der Waals surface area contributed by atoms with Crippen LogP contribution in [0.1, 0.15) is 44.5 Å². The lowest BCUT2D eigenvalue weighted by atomic mass is 9.86. The number of hydrogen-bond acceptors (Lipinski definition) is 3. The van der Waals surface area contributed by atoms with Gasteiger partial charge in [-0.2, -0.15) is 0 Å². The Morgan fingerprint density at radius 1 is 0.421 bits per heavy atom. The van der Waals surface area contributed by atoms with Crippen LogP contribution in [0, 0.1) is 0 Å². The Morgan fingerprint density at radius 3 is 1.24 bits per heavy atom. The Balaban J connectivity index is 1.71. The van der Waals surface area contributed by atoms with Crippen LogP contribution in [0.5, 0.6) is 17.2 Å². The highest BCUT2D eigenvalue weighted by Crippen LogP contribution is 2.42. The van der Waals surface area contributed by atoms with Crippen LogP contribution in [-0.2, 0) is 19.3 Å². The van der Waals surface area contributed by atoms with Crippen molar-refractivity contribution < 1.29 is 15.3 Å². The molecule has 5 aromatic carbocycles. The molecular formula is C35H30O3. The van der Waals surface area contributed by atoms with E-state index < -0.39 is 0 Å². The molecule has 188 valence electrons. The Labute approximate surface area is 223 Å². The summed E-state index contributed by atoms with van der Waals surface area (Å²) in [7, 11) is 0. The largest absolute Gasteiger partial charge is 0.508 e. The van der Waals surface area contributed by atoms with Crippen LogP contribution < -0.4 is 0 Å². The minimum atomic E-state index is 0.123. The van der Waals surface area contributed by atoms with Crippen molar-refractivity contribution in [1.29, 1.82) is 0 Å². The molecular weight excluding hydrogens is 468 g/mol. The maximum Gasteiger partial charge on any atom is 0.126 e. The normalized spacial score (nSPS) is 11.2. The standard InChI is InChI=1S/C35H30O3/c36-29-19-16-25(17-20-29)18-21-30-31(22-26-10-4-1-5-11-26)34(37)33(24-28-14-8-3-9-15-28)35(38)32(30)23-27-12-6-2-7-13-27/h1-21,36-38H,22-24H2. The highest BCUT2D eigenvalue weighted by Gasteiger charge is 2.23. The molecule has 3 heteroatoms. The van der Waals surface area contributed by atoms with Gasteiger partial charge in [0.2, 0.25) is 0 Å². The molecule has 0 spiro atoms. The van der Waals surface area contributed by atoms with Crippen LogP contribution in [0.25, 0.3) is 12.2 Å². The SMILES string of the molecule is Oc1ccc(C=Cc2c(Cc3ccccc3)c(O)c(Cc3ccccc3)c(O)c2Cc2ccccc2)cc1. The third-order valence-corrected chi connectivity index (χ3v) is 6.80. The van der Waals surface area contributed by atoms with E-state index in [1.54, 1.807) is 12.1 Å². The molecule has 0 aliphatic heterocycles. The fourth-order valence-electron chi connectivity index (χ4n) is 4.81. The van der Waals surface area contributed by atoms with Crippen LogP contribution in [0.4, 0.5) is 0 Å². The minimum Gasteiger partial charge on any atom is -0.508 e. The predicted molar refractivity (Wildman–Crippen MR) is 155 cm³/mol. The van der Waals surface area contributed by atoms with E-state index in [0.717, 1.165) is 38.9 Å². The second kappa shape index (κ2) is 11.5. The maximum atomic E-state index is 11.7. The first kappa shape index (κ1) is 24.9. The van der Waals surface area contributed by atoms with Crippen LogP contribution in [0.15, 0.2) is 115 Å². The van der Waals surface area contributed by atoms with E-state index in [0.29, 0.717) is 24.8 Å². The zero-order valence-electron chi connectivity index (χ0n) is 21.1. The summed E-state index contributed by atoms with van der Waals surface area (Å²) in [5.41, 5.74) is 6.97. The van der Waals surface area contributed by atoms with Crippen molar-refractivity contribution in [2.75, 3.05) is 0 Å². The molecule has 0 aliphatic rings. The lowest BCUT2D eigenvalue weighted by Crippen LogP contribution is -2.04. The van der Waals surface area contributed by atoms with Gasteiger partial charge >= 0.3 is 0 Å². The van der Waals surface area contributed by atoms with Gasteiger partial charge in [0, 0.05) is 36.0 Å². The van der Waals surface area contributed by atoms with Gasteiger partial charge in [-0.15, -0.1) is 0 Å². The molecule has 0 aliphatic carbocycles. The average molecular weight is 499 g/mol. The van der Waals surface area contributed by atoms with Crippen molar-refractivity contribution >= 4 is 12.2 Å². The van der Waals surface area contributed by atoms with Crippen molar-refractivity contribution in [2.45, 2.75) is 19.3 Å². The van der Waals surface area contributed by atoms with Crippen molar-refractivity contribution in [3.63, 3.8) is 0 Å². The third-order valence-electron chi connectivity index (χ3n) is 6.80. The molecule has 0 radical (unpaired) electrons. The molecule has 38 heavy (non-hydrogen) atoms. The molecule has 0 aromatic heterocycles. The fourth-order valence-corrected chi connectivity index (χ4v) is 4.81. The first-order valence-electron chi connectivity index (χ1n) is 12.8. The number of hydrogen-bond donors (Lipinski definition) is 3. The van der Waals surface area contributed by atoms with E-state index in [-0.39, 0.29) is 17.2 Å². The van der Waals surface area contributed by atoms with Gasteiger partial charge in [0.05, 0.1) is 0 Å². The lowest BCUT2D eigenvalue weighted by Gasteiger charge is -2.21. The first-order chi connectivity index (χ1) is 18.6. The van der Waals surface area contributed by atoms with Crippen molar-refractivity contribution in [2.24, 2.45) is 0 Å². The molecule has 3 nitrogen and oxygen atoms in total. The van der Waals surface area contributed by atoms with Crippen molar-refractivity contribution in [1.82, 2.24) is 0 Å². The van der Waals surface area contributed by atoms with Gasteiger partial charge in [0.25, 0.3) is 0 Å². The van der Waals surface area contributed by atoms with Gasteiger partial charge in [-0.05, 0) is 39.9 Å². The van der Waals surface area contributed by atoms with Crippen molar-refractivity contribution in [3.05, 3.63) is 160 Å². The molecule has 0 atom stereocenters. The van der Waals surface area contributed by atoms with E-state index >= 15 is 0 Å². The molecule has 3 N–H and O–H groups in total. The van der Waals surface area contributed by atoms with Crippen LogP contribution >= 0.6 is 0 Å². The molecule has 0 unspecified atom stereocenters. The zero-order chi connectivity index (χ0) is 26.3. The Bertz CT molecular complexity index is 1450. The Hall–Kier alpha value is -4.76. The summed E-state index contributed by atoms with van der Waals surface area (Å²) in [5, 5.41) is 33.0. The predicted octanol–water partition coefficient (Wildman–Crippen LogP) is 7.75. The lowest BCUT2D eigenvalue weighted by molar-refractivity contribution is 0.433. The van der Waals surface area contributed by atoms with Crippen LogP contribution in [0.3, 0.4) is 0 Å². The summed E-state index contributed by atoms with van der Waals surface area (Å²) < 4.78 is 0. The van der Waals surface area contributed by atoms with Gasteiger partial charge in [-0.1, -0.05) is 115 Å². The summed E-state index contributed by atoms with van der Waals surface area (Å²) in [6, 6.07) is 37.0. The average Bonchev–Trinajstić information content (AvgIpc) is 2.96. The van der Waals surface area contributed by atoms with E-state index in [1.807, 2.05) is 115 Å². The molecule has 0 amide bonds. The summed E-state index contributed by atoms with van der Waals surface area (Å²) in [6.45, 7) is 0. The van der Waals surface area contributed by atoms with Crippen LogP contribution in [0.2, 0.25) is 0 Å². The van der Waals surface area contributed by atoms with E-state index in [2.05, 4.69) is 0 Å². The molecule has 0 fully saturated rings. The molecule has 0 heterocycles. The number of rotatable bonds is 8. The maximum absolute atomic E-state index is 11.7. The number of benzene rings is 5. The van der Waals surface area contributed by atoms with Crippen LogP contribution in [-0.4, -0.2) is 15.3 Å². The summed E-state index contributed by atoms with van der Waals surface area (Å²) >= 11 is 0. The smallest absolute Gasteiger partial charge is 0.126 e. The first-order valence-corrected chi connectivity index (χ1v) is 12.8. The number of phenols is 3. The Morgan fingerprint density at radius 2 is 0.816 bits per heavy atom. The van der Waals surface area contributed by atoms with E-state index in [4.69, 9.17) is 0 Å². The monoisotopic (exact) mass is 498 g/mol. The topological polar surface area (TPSA) is 60.7 Å². The number of aromatic hydroxyl groups is 3. The Kier molecular flexibility index (Phi) is 7.56. The molecule has 0 bridgehead atoms. The summed E-state index contributed by atoms with van der Waals surface area (Å²) in [6.07, 6.45) is 5.38. The molecule has 5 rings (SSSR count).